The lowest BCUT2D eigenvalue weighted by atomic mass is 10.2. The first-order chi connectivity index (χ1) is 12.6. The lowest BCUT2D eigenvalue weighted by Crippen LogP contribution is -2.11. The molecule has 0 spiro atoms. The zero-order valence-corrected chi connectivity index (χ0v) is 14.1. The van der Waals surface area contributed by atoms with Gasteiger partial charge >= 0.3 is 5.97 Å². The largest absolute Gasteiger partial charge is 0.478 e. The number of ether oxygens (including phenoxy) is 1. The van der Waals surface area contributed by atoms with E-state index in [1.807, 2.05) is 16.8 Å². The lowest BCUT2D eigenvalue weighted by molar-refractivity contribution is 0.0294. The third-order valence-electron chi connectivity index (χ3n) is 4.47. The molecule has 1 aliphatic carbocycles. The average Bonchev–Trinajstić information content (AvgIpc) is 3.38. The van der Waals surface area contributed by atoms with Gasteiger partial charge in [0.25, 0.3) is 0 Å². The molecular formula is C19H19N3O4. The van der Waals surface area contributed by atoms with E-state index in [2.05, 4.69) is 9.97 Å². The highest BCUT2D eigenvalue weighted by atomic mass is 16.5. The van der Waals surface area contributed by atoms with Crippen LogP contribution in [0.5, 0.6) is 0 Å². The molecule has 2 N–H and O–H groups in total. The number of carboxylic acids is 1. The fourth-order valence-corrected chi connectivity index (χ4v) is 2.77. The Kier molecular flexibility index (Phi) is 4.40. The van der Waals surface area contributed by atoms with Gasteiger partial charge in [-0.1, -0.05) is 0 Å². The van der Waals surface area contributed by atoms with E-state index in [0.717, 1.165) is 5.69 Å². The van der Waals surface area contributed by atoms with Crippen LogP contribution in [0.15, 0.2) is 42.7 Å². The lowest BCUT2D eigenvalue weighted by Gasteiger charge is -2.11. The predicted molar refractivity (Wildman–Crippen MR) is 94.3 cm³/mol. The van der Waals surface area contributed by atoms with Gasteiger partial charge < -0.3 is 14.9 Å². The quantitative estimate of drug-likeness (QED) is 0.677. The standard InChI is InChI=1S/C19H19N3O4/c23-17(11-26-10-12-1-2-12)16-9-20-18-15(21-16)7-8-22(18)14-5-3-13(4-6-14)19(24)25/h3-9,12,17,23H,1-2,10-11H2,(H,24,25). The van der Waals surface area contributed by atoms with Crippen LogP contribution < -0.4 is 0 Å². The number of aromatic carboxylic acids is 1. The van der Waals surface area contributed by atoms with Crippen molar-refractivity contribution in [1.82, 2.24) is 14.5 Å². The highest BCUT2D eigenvalue weighted by molar-refractivity contribution is 5.87. The van der Waals surface area contributed by atoms with E-state index < -0.39 is 12.1 Å². The second-order valence-electron chi connectivity index (χ2n) is 6.54. The molecule has 1 unspecified atom stereocenters. The molecule has 7 nitrogen and oxygen atoms in total. The van der Waals surface area contributed by atoms with Crippen molar-refractivity contribution in [3.05, 3.63) is 54.0 Å². The van der Waals surface area contributed by atoms with Gasteiger partial charge in [0.05, 0.1) is 24.1 Å². The van der Waals surface area contributed by atoms with E-state index in [4.69, 9.17) is 9.84 Å². The number of hydrogen-bond donors (Lipinski definition) is 2. The summed E-state index contributed by atoms with van der Waals surface area (Å²) < 4.78 is 7.35. The van der Waals surface area contributed by atoms with Crippen LogP contribution in [0.25, 0.3) is 16.9 Å². The van der Waals surface area contributed by atoms with Crippen LogP contribution in [0.4, 0.5) is 0 Å². The van der Waals surface area contributed by atoms with Crippen molar-refractivity contribution in [3.8, 4) is 5.69 Å². The van der Waals surface area contributed by atoms with Gasteiger partial charge in [0.2, 0.25) is 0 Å². The Morgan fingerprint density at radius 3 is 2.73 bits per heavy atom. The Balaban J connectivity index is 1.53. The summed E-state index contributed by atoms with van der Waals surface area (Å²) in [6.07, 6.45) is 4.99. The summed E-state index contributed by atoms with van der Waals surface area (Å²) in [7, 11) is 0. The van der Waals surface area contributed by atoms with Gasteiger partial charge in [-0.2, -0.15) is 0 Å². The number of benzene rings is 1. The molecule has 1 atom stereocenters. The monoisotopic (exact) mass is 353 g/mol. The van der Waals surface area contributed by atoms with Crippen LogP contribution in [0.2, 0.25) is 0 Å². The van der Waals surface area contributed by atoms with E-state index in [1.54, 1.807) is 30.5 Å². The molecule has 4 rings (SSSR count). The van der Waals surface area contributed by atoms with Gasteiger partial charge in [-0.15, -0.1) is 0 Å². The van der Waals surface area contributed by atoms with E-state index in [1.165, 1.54) is 12.8 Å². The number of hydrogen-bond acceptors (Lipinski definition) is 5. The summed E-state index contributed by atoms with van der Waals surface area (Å²) in [6, 6.07) is 8.35. The number of carboxylic acid groups (broad SMARTS) is 1. The molecule has 0 amide bonds. The molecule has 0 radical (unpaired) electrons. The number of aromatic nitrogens is 3. The second kappa shape index (κ2) is 6.86. The first-order valence-corrected chi connectivity index (χ1v) is 8.55. The molecule has 2 heterocycles. The number of nitrogens with zero attached hydrogens (tertiary/aromatic N) is 3. The normalized spacial score (nSPS) is 15.3. The number of aliphatic hydroxyl groups excluding tert-OH is 1. The van der Waals surface area contributed by atoms with Crippen LogP contribution in [0.3, 0.4) is 0 Å². The van der Waals surface area contributed by atoms with Gasteiger partial charge in [-0.3, -0.25) is 4.57 Å². The molecule has 0 saturated heterocycles. The highest BCUT2D eigenvalue weighted by Gasteiger charge is 2.22. The maximum absolute atomic E-state index is 11.0. The average molecular weight is 353 g/mol. The van der Waals surface area contributed by atoms with E-state index in [0.29, 0.717) is 29.4 Å². The first-order valence-electron chi connectivity index (χ1n) is 8.55. The maximum atomic E-state index is 11.0. The summed E-state index contributed by atoms with van der Waals surface area (Å²) in [6.45, 7) is 0.906. The van der Waals surface area contributed by atoms with Crippen LogP contribution in [0, 0.1) is 5.92 Å². The molecule has 1 saturated carbocycles. The van der Waals surface area contributed by atoms with Crippen LogP contribution >= 0.6 is 0 Å². The van der Waals surface area contributed by atoms with Gasteiger partial charge in [0.15, 0.2) is 5.65 Å². The number of aliphatic hydroxyl groups is 1. The van der Waals surface area contributed by atoms with Gasteiger partial charge in [-0.25, -0.2) is 14.8 Å². The Morgan fingerprint density at radius 1 is 1.27 bits per heavy atom. The van der Waals surface area contributed by atoms with Gasteiger partial charge in [0.1, 0.15) is 11.6 Å². The summed E-state index contributed by atoms with van der Waals surface area (Å²) in [5.74, 6) is -0.312. The molecule has 2 aromatic heterocycles. The molecule has 134 valence electrons. The summed E-state index contributed by atoms with van der Waals surface area (Å²) in [4.78, 5) is 19.9. The second-order valence-corrected chi connectivity index (χ2v) is 6.54. The first kappa shape index (κ1) is 16.7. The van der Waals surface area contributed by atoms with Crippen molar-refractivity contribution >= 4 is 17.1 Å². The third-order valence-corrected chi connectivity index (χ3v) is 4.47. The highest BCUT2D eigenvalue weighted by Crippen LogP contribution is 2.29. The SMILES string of the molecule is O=C(O)c1ccc(-n2ccc3nc(C(O)COCC4CC4)cnc32)cc1. The zero-order chi connectivity index (χ0) is 18.1. The fraction of sp³-hybridized carbons (Fsp3) is 0.316. The Labute approximate surface area is 149 Å². The number of fused-ring (bicyclic) bond motifs is 1. The molecule has 3 aromatic rings. The summed E-state index contributed by atoms with van der Waals surface area (Å²) in [5, 5.41) is 19.2. The van der Waals surface area contributed by atoms with Crippen LogP contribution in [-0.4, -0.2) is 43.9 Å². The van der Waals surface area contributed by atoms with E-state index in [-0.39, 0.29) is 12.2 Å². The van der Waals surface area contributed by atoms with Crippen molar-refractivity contribution < 1.29 is 19.7 Å². The number of rotatable bonds is 7. The Hall–Kier alpha value is -2.77. The maximum Gasteiger partial charge on any atom is 0.335 e. The van der Waals surface area contributed by atoms with Crippen molar-refractivity contribution in [1.29, 1.82) is 0 Å². The molecule has 1 aliphatic rings. The van der Waals surface area contributed by atoms with Crippen LogP contribution in [-0.2, 0) is 4.74 Å². The molecule has 26 heavy (non-hydrogen) atoms. The number of carbonyl (C=O) groups is 1. The van der Waals surface area contributed by atoms with E-state index in [9.17, 15) is 9.90 Å². The topological polar surface area (TPSA) is 97.5 Å². The van der Waals surface area contributed by atoms with E-state index >= 15 is 0 Å². The summed E-state index contributed by atoms with van der Waals surface area (Å²) in [5.41, 5.74) is 2.80. The Bertz CT molecular complexity index is 932. The van der Waals surface area contributed by atoms with Crippen molar-refractivity contribution in [2.45, 2.75) is 18.9 Å². The summed E-state index contributed by atoms with van der Waals surface area (Å²) >= 11 is 0. The molecule has 1 aromatic carbocycles. The van der Waals surface area contributed by atoms with Crippen molar-refractivity contribution in [3.63, 3.8) is 0 Å². The minimum absolute atomic E-state index is 0.216. The van der Waals surface area contributed by atoms with Gasteiger partial charge in [0, 0.05) is 18.5 Å². The molecule has 1 fully saturated rings. The zero-order valence-electron chi connectivity index (χ0n) is 14.1. The Morgan fingerprint density at radius 2 is 2.04 bits per heavy atom. The molecule has 0 aliphatic heterocycles. The van der Waals surface area contributed by atoms with Crippen LogP contribution in [0.1, 0.15) is 35.0 Å². The molecule has 0 bridgehead atoms. The minimum atomic E-state index is -0.962. The predicted octanol–water partition coefficient (Wildman–Crippen LogP) is 2.58. The molecule has 7 heteroatoms. The minimum Gasteiger partial charge on any atom is -0.478 e. The smallest absolute Gasteiger partial charge is 0.335 e. The van der Waals surface area contributed by atoms with Gasteiger partial charge in [-0.05, 0) is 49.1 Å². The van der Waals surface area contributed by atoms with Crippen molar-refractivity contribution in [2.75, 3.05) is 13.2 Å². The third kappa shape index (κ3) is 3.44. The molecular weight excluding hydrogens is 334 g/mol. The fourth-order valence-electron chi connectivity index (χ4n) is 2.77. The van der Waals surface area contributed by atoms with Crippen molar-refractivity contribution in [2.24, 2.45) is 5.92 Å².